The zero-order chi connectivity index (χ0) is 16.3. The summed E-state index contributed by atoms with van der Waals surface area (Å²) >= 11 is 0. The molecule has 22 heavy (non-hydrogen) atoms. The Bertz CT molecular complexity index is 509. The summed E-state index contributed by atoms with van der Waals surface area (Å²) in [4.78, 5) is 14.6. The Morgan fingerprint density at radius 1 is 1.18 bits per heavy atom. The second-order valence-corrected chi connectivity index (χ2v) is 5.58. The van der Waals surface area contributed by atoms with E-state index in [2.05, 4.69) is 0 Å². The highest BCUT2D eigenvalue weighted by molar-refractivity contribution is 5.75. The molecule has 1 N–H and O–H groups in total. The molecule has 0 aromatic heterocycles. The van der Waals surface area contributed by atoms with Crippen molar-refractivity contribution in [2.45, 2.75) is 19.1 Å². The molecule has 4 nitrogen and oxygen atoms in total. The Hall–Kier alpha value is -1.60. The number of piperazine rings is 1. The van der Waals surface area contributed by atoms with E-state index in [1.807, 2.05) is 19.1 Å². The summed E-state index contributed by atoms with van der Waals surface area (Å²) in [7, 11) is 0. The van der Waals surface area contributed by atoms with Crippen LogP contribution in [-0.2, 0) is 4.79 Å². The summed E-state index contributed by atoms with van der Waals surface area (Å²) in [5.41, 5.74) is 1.69. The minimum absolute atomic E-state index is 0.217. The molecule has 2 rings (SSSR count). The van der Waals surface area contributed by atoms with Crippen molar-refractivity contribution in [2.75, 3.05) is 32.7 Å². The van der Waals surface area contributed by atoms with Gasteiger partial charge in [-0.05, 0) is 12.5 Å². The van der Waals surface area contributed by atoms with E-state index in [-0.39, 0.29) is 13.1 Å². The lowest BCUT2D eigenvalue weighted by Gasteiger charge is -2.38. The number of alkyl halides is 3. The minimum atomic E-state index is -4.22. The van der Waals surface area contributed by atoms with Gasteiger partial charge in [-0.2, -0.15) is 13.2 Å². The van der Waals surface area contributed by atoms with Crippen LogP contribution in [0.3, 0.4) is 0 Å². The van der Waals surface area contributed by atoms with E-state index in [1.165, 1.54) is 4.90 Å². The first-order valence-corrected chi connectivity index (χ1v) is 7.09. The number of carbonyl (C=O) groups is 1. The molecule has 0 amide bonds. The van der Waals surface area contributed by atoms with Crippen molar-refractivity contribution in [2.24, 2.45) is 0 Å². The Labute approximate surface area is 127 Å². The molecular formula is C15H19F3N2O2. The van der Waals surface area contributed by atoms with Gasteiger partial charge in [-0.25, -0.2) is 0 Å². The second kappa shape index (κ2) is 6.66. The third kappa shape index (κ3) is 4.45. The second-order valence-electron chi connectivity index (χ2n) is 5.58. The van der Waals surface area contributed by atoms with Crippen LogP contribution >= 0.6 is 0 Å². The fourth-order valence-corrected chi connectivity index (χ4v) is 2.69. The molecule has 0 bridgehead atoms. The first-order chi connectivity index (χ1) is 10.3. The zero-order valence-corrected chi connectivity index (χ0v) is 12.3. The van der Waals surface area contributed by atoms with E-state index in [9.17, 15) is 23.1 Å². The zero-order valence-electron chi connectivity index (χ0n) is 12.3. The van der Waals surface area contributed by atoms with E-state index in [4.69, 9.17) is 0 Å². The fourth-order valence-electron chi connectivity index (χ4n) is 2.69. The highest BCUT2D eigenvalue weighted by atomic mass is 19.4. The third-order valence-electron chi connectivity index (χ3n) is 3.80. The number of aryl methyl sites for hydroxylation is 1. The molecule has 1 aliphatic heterocycles. The van der Waals surface area contributed by atoms with Crippen molar-refractivity contribution in [3.05, 3.63) is 35.4 Å². The third-order valence-corrected chi connectivity index (χ3v) is 3.80. The first kappa shape index (κ1) is 16.8. The largest absolute Gasteiger partial charge is 0.480 e. The summed E-state index contributed by atoms with van der Waals surface area (Å²) in [5.74, 6) is -0.979. The topological polar surface area (TPSA) is 43.8 Å². The highest BCUT2D eigenvalue weighted by Crippen LogP contribution is 2.24. The maximum absolute atomic E-state index is 12.4. The average molecular weight is 316 g/mol. The van der Waals surface area contributed by atoms with E-state index < -0.39 is 24.7 Å². The van der Waals surface area contributed by atoms with Gasteiger partial charge in [0.05, 0.1) is 6.54 Å². The SMILES string of the molecule is Cc1ccc(C(C(=O)O)N2CCN(CC(F)(F)F)CC2)cc1. The van der Waals surface area contributed by atoms with Crippen LogP contribution in [0.15, 0.2) is 24.3 Å². The van der Waals surface area contributed by atoms with Crippen LogP contribution in [0.5, 0.6) is 0 Å². The van der Waals surface area contributed by atoms with E-state index in [1.54, 1.807) is 17.0 Å². The summed E-state index contributed by atoms with van der Waals surface area (Å²) < 4.78 is 37.1. The molecule has 1 fully saturated rings. The molecule has 0 saturated carbocycles. The predicted molar refractivity (Wildman–Crippen MR) is 75.6 cm³/mol. The first-order valence-electron chi connectivity index (χ1n) is 7.09. The lowest BCUT2D eigenvalue weighted by atomic mass is 10.0. The number of carboxylic acids is 1. The van der Waals surface area contributed by atoms with Crippen LogP contribution in [0.2, 0.25) is 0 Å². The lowest BCUT2D eigenvalue weighted by Crippen LogP contribution is -2.51. The summed E-state index contributed by atoms with van der Waals surface area (Å²) in [6.45, 7) is 2.02. The molecule has 1 saturated heterocycles. The lowest BCUT2D eigenvalue weighted by molar-refractivity contribution is -0.154. The molecule has 122 valence electrons. The molecule has 0 spiro atoms. The minimum Gasteiger partial charge on any atom is -0.480 e. The van der Waals surface area contributed by atoms with Gasteiger partial charge in [-0.3, -0.25) is 14.6 Å². The van der Waals surface area contributed by atoms with Gasteiger partial charge in [0.1, 0.15) is 6.04 Å². The molecule has 0 aliphatic carbocycles. The van der Waals surface area contributed by atoms with E-state index in [0.717, 1.165) is 5.56 Å². The van der Waals surface area contributed by atoms with Crippen LogP contribution < -0.4 is 0 Å². The van der Waals surface area contributed by atoms with Gasteiger partial charge in [0.25, 0.3) is 0 Å². The van der Waals surface area contributed by atoms with Gasteiger partial charge >= 0.3 is 12.1 Å². The summed E-state index contributed by atoms with van der Waals surface area (Å²) in [5, 5.41) is 9.47. The highest BCUT2D eigenvalue weighted by Gasteiger charge is 2.35. The van der Waals surface area contributed by atoms with E-state index >= 15 is 0 Å². The van der Waals surface area contributed by atoms with Crippen LogP contribution in [0, 0.1) is 6.92 Å². The van der Waals surface area contributed by atoms with Crippen molar-refractivity contribution in [1.82, 2.24) is 9.80 Å². The number of benzene rings is 1. The molecule has 0 radical (unpaired) electrons. The number of hydrogen-bond acceptors (Lipinski definition) is 3. The van der Waals surface area contributed by atoms with Crippen LogP contribution in [0.25, 0.3) is 0 Å². The van der Waals surface area contributed by atoms with Gasteiger partial charge in [-0.1, -0.05) is 29.8 Å². The van der Waals surface area contributed by atoms with Crippen LogP contribution in [0.4, 0.5) is 13.2 Å². The number of hydrogen-bond donors (Lipinski definition) is 1. The summed E-state index contributed by atoms with van der Waals surface area (Å²) in [6.07, 6.45) is -4.22. The predicted octanol–water partition coefficient (Wildman–Crippen LogP) is 2.30. The quantitative estimate of drug-likeness (QED) is 0.926. The standard InChI is InChI=1S/C15H19F3N2O2/c1-11-2-4-12(5-3-11)13(14(21)22)20-8-6-19(7-9-20)10-15(16,17)18/h2-5,13H,6-10H2,1H3,(H,21,22). The molecule has 7 heteroatoms. The molecule has 1 unspecified atom stereocenters. The Morgan fingerprint density at radius 3 is 2.18 bits per heavy atom. The Kier molecular flexibility index (Phi) is 5.08. The number of carboxylic acid groups (broad SMARTS) is 1. The maximum Gasteiger partial charge on any atom is 0.401 e. The Morgan fingerprint density at radius 2 is 1.73 bits per heavy atom. The van der Waals surface area contributed by atoms with Crippen LogP contribution in [-0.4, -0.2) is 59.8 Å². The maximum atomic E-state index is 12.4. The van der Waals surface area contributed by atoms with Crippen molar-refractivity contribution < 1.29 is 23.1 Å². The van der Waals surface area contributed by atoms with Crippen molar-refractivity contribution in [1.29, 1.82) is 0 Å². The monoisotopic (exact) mass is 316 g/mol. The van der Waals surface area contributed by atoms with Gasteiger partial charge in [0.15, 0.2) is 0 Å². The van der Waals surface area contributed by atoms with Gasteiger partial charge < -0.3 is 5.11 Å². The average Bonchev–Trinajstić information content (AvgIpc) is 2.41. The molecule has 1 aromatic carbocycles. The fraction of sp³-hybridized carbons (Fsp3) is 0.533. The van der Waals surface area contributed by atoms with Gasteiger partial charge in [0.2, 0.25) is 0 Å². The smallest absolute Gasteiger partial charge is 0.401 e. The molecule has 1 aliphatic rings. The summed E-state index contributed by atoms with van der Waals surface area (Å²) in [6, 6.07) is 6.39. The van der Waals surface area contributed by atoms with Gasteiger partial charge in [0, 0.05) is 26.2 Å². The number of halogens is 3. The van der Waals surface area contributed by atoms with E-state index in [0.29, 0.717) is 18.7 Å². The molecular weight excluding hydrogens is 297 g/mol. The number of nitrogens with zero attached hydrogens (tertiary/aromatic N) is 2. The normalized spacial score (nSPS) is 19.1. The number of rotatable bonds is 4. The molecule has 1 heterocycles. The van der Waals surface area contributed by atoms with Crippen molar-refractivity contribution in [3.8, 4) is 0 Å². The molecule has 1 aromatic rings. The molecule has 1 atom stereocenters. The number of aliphatic carboxylic acids is 1. The van der Waals surface area contributed by atoms with Crippen molar-refractivity contribution >= 4 is 5.97 Å². The van der Waals surface area contributed by atoms with Gasteiger partial charge in [-0.15, -0.1) is 0 Å². The van der Waals surface area contributed by atoms with Crippen molar-refractivity contribution in [3.63, 3.8) is 0 Å². The Balaban J connectivity index is 2.03. The van der Waals surface area contributed by atoms with Crippen LogP contribution in [0.1, 0.15) is 17.2 Å².